The number of nitrogens with one attached hydrogen (secondary N) is 1. The Balaban J connectivity index is 2.79. The molecule has 1 aromatic heterocycles. The summed E-state index contributed by atoms with van der Waals surface area (Å²) in [5, 5.41) is 6.99. The van der Waals surface area contributed by atoms with Crippen LogP contribution in [0.25, 0.3) is 0 Å². The van der Waals surface area contributed by atoms with Crippen molar-refractivity contribution in [2.45, 2.75) is 66.8 Å². The minimum absolute atomic E-state index is 0.0355. The summed E-state index contributed by atoms with van der Waals surface area (Å²) in [6.45, 7) is 15.9. The first-order valence-electron chi connectivity index (χ1n) is 8.88. The molecule has 0 radical (unpaired) electrons. The second kappa shape index (κ2) is 9.06. The molecule has 2 unspecified atom stereocenters. The Bertz CT molecular complexity index is 482. The Hall–Kier alpha value is -1.36. The normalized spacial score (nSPS) is 15.4. The second-order valence-electron chi connectivity index (χ2n) is 6.59. The number of hydrogen-bond acceptors (Lipinski definition) is 4. The minimum Gasteiger partial charge on any atom is -0.361 e. The van der Waals surface area contributed by atoms with Gasteiger partial charge in [-0.1, -0.05) is 46.2 Å². The Morgan fingerprint density at radius 2 is 2.00 bits per heavy atom. The zero-order valence-electron chi connectivity index (χ0n) is 15.6. The summed E-state index contributed by atoms with van der Waals surface area (Å²) >= 11 is 0. The Morgan fingerprint density at radius 3 is 2.48 bits per heavy atom. The molecule has 5 heteroatoms. The molecular formula is C18H33N3O2. The number of carbonyl (C=O) groups excluding carboxylic acids is 1. The van der Waals surface area contributed by atoms with Crippen molar-refractivity contribution in [1.82, 2.24) is 15.4 Å². The lowest BCUT2D eigenvalue weighted by atomic mass is 9.78. The lowest BCUT2D eigenvalue weighted by molar-refractivity contribution is 0.0820. The third-order valence-electron chi connectivity index (χ3n) is 4.83. The first kappa shape index (κ1) is 19.7. The van der Waals surface area contributed by atoms with Crippen LogP contribution in [0.5, 0.6) is 0 Å². The van der Waals surface area contributed by atoms with Crippen LogP contribution in [0.3, 0.4) is 0 Å². The van der Waals surface area contributed by atoms with Gasteiger partial charge >= 0.3 is 0 Å². The summed E-state index contributed by atoms with van der Waals surface area (Å²) in [6.07, 6.45) is 2.91. The van der Waals surface area contributed by atoms with Gasteiger partial charge in [0.1, 0.15) is 5.76 Å². The smallest absolute Gasteiger partial charge is 0.273 e. The number of carbonyl (C=O) groups is 1. The highest BCUT2D eigenvalue weighted by molar-refractivity contribution is 5.92. The van der Waals surface area contributed by atoms with Gasteiger partial charge < -0.3 is 14.7 Å². The molecule has 132 valence electrons. The SMILES string of the molecule is CCCC(C)(CN(CC)CC)C(C)NC(=O)c1cc(CC)on1. The van der Waals surface area contributed by atoms with Crippen LogP contribution in [-0.4, -0.2) is 41.6 Å². The number of nitrogens with zero attached hydrogens (tertiary/aromatic N) is 2. The molecule has 2 atom stereocenters. The molecule has 0 spiro atoms. The topological polar surface area (TPSA) is 58.4 Å². The lowest BCUT2D eigenvalue weighted by Crippen LogP contribution is -2.50. The first-order chi connectivity index (χ1) is 10.9. The van der Waals surface area contributed by atoms with E-state index in [0.29, 0.717) is 5.69 Å². The number of hydrogen-bond donors (Lipinski definition) is 1. The van der Waals surface area contributed by atoms with Gasteiger partial charge in [0, 0.05) is 30.5 Å². The van der Waals surface area contributed by atoms with Crippen LogP contribution in [0.2, 0.25) is 0 Å². The second-order valence-corrected chi connectivity index (χ2v) is 6.59. The van der Waals surface area contributed by atoms with Crippen molar-refractivity contribution in [2.75, 3.05) is 19.6 Å². The first-order valence-corrected chi connectivity index (χ1v) is 8.88. The molecule has 1 aromatic rings. The van der Waals surface area contributed by atoms with E-state index in [-0.39, 0.29) is 17.4 Å². The molecular weight excluding hydrogens is 290 g/mol. The van der Waals surface area contributed by atoms with Gasteiger partial charge in [-0.05, 0) is 26.4 Å². The third-order valence-corrected chi connectivity index (χ3v) is 4.83. The van der Waals surface area contributed by atoms with Crippen LogP contribution in [-0.2, 0) is 6.42 Å². The van der Waals surface area contributed by atoms with Crippen molar-refractivity contribution in [3.8, 4) is 0 Å². The molecule has 1 rings (SSSR count). The van der Waals surface area contributed by atoms with E-state index in [9.17, 15) is 4.79 Å². The van der Waals surface area contributed by atoms with Crippen molar-refractivity contribution in [3.05, 3.63) is 17.5 Å². The molecule has 0 saturated carbocycles. The predicted octanol–water partition coefficient (Wildman–Crippen LogP) is 3.50. The molecule has 1 N–H and O–H groups in total. The van der Waals surface area contributed by atoms with E-state index in [1.807, 2.05) is 6.92 Å². The molecule has 5 nitrogen and oxygen atoms in total. The van der Waals surface area contributed by atoms with E-state index in [1.54, 1.807) is 6.07 Å². The Labute approximate surface area is 140 Å². The zero-order chi connectivity index (χ0) is 17.5. The summed E-state index contributed by atoms with van der Waals surface area (Å²) in [6, 6.07) is 1.79. The molecule has 0 aliphatic carbocycles. The Morgan fingerprint density at radius 1 is 1.35 bits per heavy atom. The molecule has 0 aliphatic rings. The molecule has 0 bridgehead atoms. The summed E-state index contributed by atoms with van der Waals surface area (Å²) in [7, 11) is 0. The number of amides is 1. The number of rotatable bonds is 10. The minimum atomic E-state index is -0.150. The molecule has 0 aliphatic heterocycles. The van der Waals surface area contributed by atoms with Gasteiger partial charge in [0.2, 0.25) is 0 Å². The van der Waals surface area contributed by atoms with E-state index in [2.05, 4.69) is 50.0 Å². The Kier molecular flexibility index (Phi) is 7.76. The maximum atomic E-state index is 12.4. The zero-order valence-corrected chi connectivity index (χ0v) is 15.6. The van der Waals surface area contributed by atoms with E-state index in [0.717, 1.165) is 44.7 Å². The van der Waals surface area contributed by atoms with E-state index < -0.39 is 0 Å². The highest BCUT2D eigenvalue weighted by Crippen LogP contribution is 2.29. The summed E-state index contributed by atoms with van der Waals surface area (Å²) < 4.78 is 5.13. The van der Waals surface area contributed by atoms with Gasteiger partial charge in [-0.25, -0.2) is 0 Å². The monoisotopic (exact) mass is 323 g/mol. The summed E-state index contributed by atoms with van der Waals surface area (Å²) in [5.41, 5.74) is 0.406. The van der Waals surface area contributed by atoms with Gasteiger partial charge in [-0.2, -0.15) is 0 Å². The number of aryl methyl sites for hydroxylation is 1. The fraction of sp³-hybridized carbons (Fsp3) is 0.778. The van der Waals surface area contributed by atoms with Crippen LogP contribution in [0.4, 0.5) is 0 Å². The van der Waals surface area contributed by atoms with Gasteiger partial charge in [-0.3, -0.25) is 4.79 Å². The van der Waals surface area contributed by atoms with Crippen molar-refractivity contribution in [1.29, 1.82) is 0 Å². The quantitative estimate of drug-likeness (QED) is 0.716. The van der Waals surface area contributed by atoms with Crippen LogP contribution in [0.15, 0.2) is 10.6 Å². The average Bonchev–Trinajstić information content (AvgIpc) is 3.02. The van der Waals surface area contributed by atoms with E-state index in [1.165, 1.54) is 0 Å². The van der Waals surface area contributed by atoms with Crippen LogP contribution in [0.1, 0.15) is 70.6 Å². The maximum absolute atomic E-state index is 12.4. The summed E-state index contributed by atoms with van der Waals surface area (Å²) in [4.78, 5) is 14.8. The highest BCUT2D eigenvalue weighted by atomic mass is 16.5. The van der Waals surface area contributed by atoms with Crippen LogP contribution >= 0.6 is 0 Å². The molecule has 23 heavy (non-hydrogen) atoms. The average molecular weight is 323 g/mol. The fourth-order valence-corrected chi connectivity index (χ4v) is 2.99. The van der Waals surface area contributed by atoms with Crippen molar-refractivity contribution in [2.24, 2.45) is 5.41 Å². The van der Waals surface area contributed by atoms with Crippen molar-refractivity contribution >= 4 is 5.91 Å². The van der Waals surface area contributed by atoms with Gasteiger partial charge in [0.25, 0.3) is 5.91 Å². The molecule has 0 fully saturated rings. The standard InChI is InChI=1S/C18H33N3O2/c1-7-11-18(6,13-21(9-3)10-4)14(5)19-17(22)16-12-15(8-2)23-20-16/h12,14H,7-11,13H2,1-6H3,(H,19,22). The molecule has 1 heterocycles. The lowest BCUT2D eigenvalue weighted by Gasteiger charge is -2.39. The van der Waals surface area contributed by atoms with Gasteiger partial charge in [0.15, 0.2) is 5.69 Å². The summed E-state index contributed by atoms with van der Waals surface area (Å²) in [5.74, 6) is 0.588. The van der Waals surface area contributed by atoms with E-state index >= 15 is 0 Å². The fourth-order valence-electron chi connectivity index (χ4n) is 2.99. The number of aromatic nitrogens is 1. The van der Waals surface area contributed by atoms with Gasteiger partial charge in [-0.15, -0.1) is 0 Å². The van der Waals surface area contributed by atoms with Crippen LogP contribution in [0, 0.1) is 5.41 Å². The largest absolute Gasteiger partial charge is 0.361 e. The van der Waals surface area contributed by atoms with Gasteiger partial charge in [0.05, 0.1) is 0 Å². The highest BCUT2D eigenvalue weighted by Gasteiger charge is 2.33. The van der Waals surface area contributed by atoms with E-state index in [4.69, 9.17) is 4.52 Å². The molecule has 0 aromatic carbocycles. The van der Waals surface area contributed by atoms with Crippen LogP contribution < -0.4 is 5.32 Å². The third kappa shape index (κ3) is 5.34. The predicted molar refractivity (Wildman–Crippen MR) is 93.6 cm³/mol. The maximum Gasteiger partial charge on any atom is 0.273 e. The molecule has 1 amide bonds. The van der Waals surface area contributed by atoms with Crippen molar-refractivity contribution < 1.29 is 9.32 Å². The van der Waals surface area contributed by atoms with Crippen molar-refractivity contribution in [3.63, 3.8) is 0 Å². The molecule has 0 saturated heterocycles.